The van der Waals surface area contributed by atoms with Crippen LogP contribution in [0, 0.1) is 0 Å². The zero-order chi connectivity index (χ0) is 14.0. The van der Waals surface area contributed by atoms with Gasteiger partial charge in [0.1, 0.15) is 6.54 Å². The number of likely N-dealkylation sites (N-methyl/N-ethyl adjacent to an activating group) is 1. The summed E-state index contributed by atoms with van der Waals surface area (Å²) in [5, 5.41) is 0. The largest absolute Gasteiger partial charge is 0.756 e. The van der Waals surface area contributed by atoms with Crippen LogP contribution in [0.5, 0.6) is 0 Å². The molecule has 0 aliphatic carbocycles. The van der Waals surface area contributed by atoms with Gasteiger partial charge in [-0.15, -0.1) is 0 Å². The van der Waals surface area contributed by atoms with Crippen molar-refractivity contribution in [3.8, 4) is 0 Å². The van der Waals surface area contributed by atoms with E-state index in [0.29, 0.717) is 10.0 Å². The molecule has 1 aromatic carbocycles. The Hall–Kier alpha value is -0.750. The minimum Gasteiger partial charge on any atom is -0.756 e. The summed E-state index contributed by atoms with van der Waals surface area (Å²) in [6.07, 6.45) is 0. The number of nitrogens with zero attached hydrogens (tertiary/aromatic N) is 1. The molecule has 0 aromatic heterocycles. The fourth-order valence-corrected chi connectivity index (χ4v) is 2.38. The van der Waals surface area contributed by atoms with E-state index in [4.69, 9.17) is 15.2 Å². The number of phosphoric ester groups is 1. The Labute approximate surface area is 107 Å². The zero-order valence-corrected chi connectivity index (χ0v) is 11.6. The van der Waals surface area contributed by atoms with Crippen LogP contribution in [0.2, 0.25) is 0 Å². The van der Waals surface area contributed by atoms with Crippen molar-refractivity contribution < 1.29 is 23.4 Å². The molecule has 1 aromatic rings. The van der Waals surface area contributed by atoms with Crippen molar-refractivity contribution in [2.45, 2.75) is 5.72 Å². The Bertz CT molecular complexity index is 440. The lowest BCUT2D eigenvalue weighted by molar-refractivity contribution is -0.877. The first-order valence-corrected chi connectivity index (χ1v) is 6.91. The molecule has 0 bridgehead atoms. The van der Waals surface area contributed by atoms with E-state index in [9.17, 15) is 9.46 Å². The van der Waals surface area contributed by atoms with E-state index >= 15 is 0 Å². The molecule has 0 saturated carbocycles. The summed E-state index contributed by atoms with van der Waals surface area (Å²) < 4.78 is 16.1. The number of phosphoric acid groups is 1. The highest BCUT2D eigenvalue weighted by molar-refractivity contribution is 7.44. The highest BCUT2D eigenvalue weighted by atomic mass is 31.2. The quantitative estimate of drug-likeness (QED) is 0.447. The number of hydrogen-bond acceptors (Lipinski definition) is 4. The van der Waals surface area contributed by atoms with Crippen LogP contribution < -0.4 is 10.6 Å². The van der Waals surface area contributed by atoms with Gasteiger partial charge in [0.2, 0.25) is 0 Å². The van der Waals surface area contributed by atoms with Crippen LogP contribution in [0.4, 0.5) is 0 Å². The maximum atomic E-state index is 11.0. The maximum absolute atomic E-state index is 11.0. The molecular weight excluding hydrogens is 255 g/mol. The van der Waals surface area contributed by atoms with E-state index in [0.717, 1.165) is 0 Å². The molecule has 0 radical (unpaired) electrons. The van der Waals surface area contributed by atoms with E-state index in [1.165, 1.54) is 0 Å². The third-order valence-corrected chi connectivity index (χ3v) is 2.81. The third-order valence-electron chi connectivity index (χ3n) is 2.25. The van der Waals surface area contributed by atoms with E-state index in [-0.39, 0.29) is 6.54 Å². The van der Waals surface area contributed by atoms with E-state index < -0.39 is 13.5 Å². The fraction of sp³-hybridized carbons (Fsp3) is 0.455. The van der Waals surface area contributed by atoms with Crippen LogP contribution in [0.3, 0.4) is 0 Å². The Balaban J connectivity index is 3.13. The van der Waals surface area contributed by atoms with E-state index in [1.807, 2.05) is 21.1 Å². The summed E-state index contributed by atoms with van der Waals surface area (Å²) in [6.45, 7) is 0.184. The average Bonchev–Trinajstić information content (AvgIpc) is 2.13. The predicted molar refractivity (Wildman–Crippen MR) is 66.1 cm³/mol. The normalized spacial score (nSPS) is 19.0. The Morgan fingerprint density at radius 2 is 1.89 bits per heavy atom. The van der Waals surface area contributed by atoms with Gasteiger partial charge in [0, 0.05) is 5.56 Å². The van der Waals surface area contributed by atoms with Gasteiger partial charge in [-0.3, -0.25) is 14.8 Å². The monoisotopic (exact) mass is 274 g/mol. The molecule has 18 heavy (non-hydrogen) atoms. The van der Waals surface area contributed by atoms with Crippen molar-refractivity contribution in [2.75, 3.05) is 27.7 Å². The molecule has 3 N–H and O–H groups in total. The smallest absolute Gasteiger partial charge is 0.267 e. The number of benzene rings is 1. The lowest BCUT2D eigenvalue weighted by Crippen LogP contribution is -2.54. The van der Waals surface area contributed by atoms with Crippen molar-refractivity contribution >= 4 is 7.82 Å². The van der Waals surface area contributed by atoms with Gasteiger partial charge in [0.15, 0.2) is 5.72 Å². The Morgan fingerprint density at radius 1 is 1.39 bits per heavy atom. The van der Waals surface area contributed by atoms with Crippen molar-refractivity contribution in [3.63, 3.8) is 0 Å². The molecule has 0 fully saturated rings. The molecule has 102 valence electrons. The molecule has 0 heterocycles. The van der Waals surface area contributed by atoms with Gasteiger partial charge in [0.05, 0.1) is 21.1 Å². The number of nitrogens with two attached hydrogens (primary N) is 1. The summed E-state index contributed by atoms with van der Waals surface area (Å²) in [6, 6.07) is 8.55. The maximum Gasteiger partial charge on any atom is 0.267 e. The van der Waals surface area contributed by atoms with Gasteiger partial charge in [-0.1, -0.05) is 30.3 Å². The SMILES string of the molecule is C[N+](C)(C)CC(N)(OP(=O)([O-])O)c1ccccc1. The highest BCUT2D eigenvalue weighted by Gasteiger charge is 2.37. The standard InChI is InChI=1S/C11H19N2O4P/c1-13(2,3)9-11(12,17-18(14,15)16)10-7-5-4-6-8-10/h4-8H,9,12H2,1-3H3,(H-,14,15,16). The number of hydrogen-bond donors (Lipinski definition) is 2. The van der Waals surface area contributed by atoms with E-state index in [1.54, 1.807) is 30.3 Å². The Morgan fingerprint density at radius 3 is 2.28 bits per heavy atom. The van der Waals surface area contributed by atoms with Gasteiger partial charge in [-0.25, -0.2) is 0 Å². The van der Waals surface area contributed by atoms with Crippen LogP contribution >= 0.6 is 7.82 Å². The molecule has 7 heteroatoms. The molecular formula is C11H19N2O4P. The summed E-state index contributed by atoms with van der Waals surface area (Å²) in [5.74, 6) is 0. The van der Waals surface area contributed by atoms with Crippen molar-refractivity contribution in [1.82, 2.24) is 0 Å². The van der Waals surface area contributed by atoms with Gasteiger partial charge < -0.3 is 14.3 Å². The minimum atomic E-state index is -4.92. The van der Waals surface area contributed by atoms with Crippen LogP contribution in [0.25, 0.3) is 0 Å². The Kier molecular flexibility index (Phi) is 4.33. The van der Waals surface area contributed by atoms with E-state index in [2.05, 4.69) is 0 Å². The first-order valence-electron chi connectivity index (χ1n) is 5.41. The second kappa shape index (κ2) is 5.09. The molecule has 0 amide bonds. The molecule has 0 aliphatic rings. The highest BCUT2D eigenvalue weighted by Crippen LogP contribution is 2.40. The van der Waals surface area contributed by atoms with Crippen molar-refractivity contribution in [3.05, 3.63) is 35.9 Å². The van der Waals surface area contributed by atoms with Crippen LogP contribution in [-0.4, -0.2) is 37.1 Å². The second-order valence-corrected chi connectivity index (χ2v) is 6.38. The first-order chi connectivity index (χ1) is 8.02. The lowest BCUT2D eigenvalue weighted by Gasteiger charge is -2.38. The molecule has 2 atom stereocenters. The molecule has 0 saturated heterocycles. The van der Waals surface area contributed by atoms with Gasteiger partial charge >= 0.3 is 0 Å². The first kappa shape index (κ1) is 15.3. The van der Waals surface area contributed by atoms with Gasteiger partial charge in [-0.2, -0.15) is 0 Å². The summed E-state index contributed by atoms with van der Waals surface area (Å²) in [4.78, 5) is 19.9. The number of quaternary nitrogens is 1. The third kappa shape index (κ3) is 4.86. The van der Waals surface area contributed by atoms with Crippen LogP contribution in [0.15, 0.2) is 30.3 Å². The summed E-state index contributed by atoms with van der Waals surface area (Å²) >= 11 is 0. The predicted octanol–water partition coefficient (Wildman–Crippen LogP) is -0.0184. The second-order valence-electron chi connectivity index (χ2n) is 5.26. The van der Waals surface area contributed by atoms with Gasteiger partial charge in [-0.05, 0) is 0 Å². The molecule has 6 nitrogen and oxygen atoms in total. The molecule has 2 unspecified atom stereocenters. The average molecular weight is 274 g/mol. The molecule has 0 spiro atoms. The summed E-state index contributed by atoms with van der Waals surface area (Å²) in [5.41, 5.74) is 4.92. The summed E-state index contributed by atoms with van der Waals surface area (Å²) in [7, 11) is 0.621. The van der Waals surface area contributed by atoms with Gasteiger partial charge in [0.25, 0.3) is 7.82 Å². The fourth-order valence-electron chi connectivity index (χ4n) is 1.80. The molecule has 0 aliphatic heterocycles. The van der Waals surface area contributed by atoms with Crippen molar-refractivity contribution in [1.29, 1.82) is 0 Å². The zero-order valence-electron chi connectivity index (χ0n) is 10.7. The number of rotatable bonds is 5. The molecule has 1 rings (SSSR count). The lowest BCUT2D eigenvalue weighted by atomic mass is 10.0. The minimum absolute atomic E-state index is 0.184. The topological polar surface area (TPSA) is 95.6 Å². The van der Waals surface area contributed by atoms with Crippen LogP contribution in [-0.2, 0) is 14.8 Å². The van der Waals surface area contributed by atoms with Crippen molar-refractivity contribution in [2.24, 2.45) is 5.73 Å². The van der Waals surface area contributed by atoms with Crippen LogP contribution in [0.1, 0.15) is 5.56 Å².